The fourth-order valence-electron chi connectivity index (χ4n) is 5.44. The summed E-state index contributed by atoms with van der Waals surface area (Å²) in [4.78, 5) is 42.4. The Bertz CT molecular complexity index is 1320. The Morgan fingerprint density at radius 3 is 2.34 bits per heavy atom. The zero-order chi connectivity index (χ0) is 32.0. The van der Waals surface area contributed by atoms with E-state index in [4.69, 9.17) is 4.74 Å². The van der Waals surface area contributed by atoms with E-state index < -0.39 is 35.8 Å². The molecule has 1 heterocycles. The van der Waals surface area contributed by atoms with Gasteiger partial charge in [0.1, 0.15) is 11.9 Å². The van der Waals surface area contributed by atoms with E-state index in [1.54, 1.807) is 35.9 Å². The van der Waals surface area contributed by atoms with Gasteiger partial charge in [-0.25, -0.2) is 9.59 Å². The molecule has 2 aromatic carbocycles. The highest BCUT2D eigenvalue weighted by atomic mass is 19.4. The molecule has 4 N–H and O–H groups in total. The number of aliphatic hydroxyl groups is 1. The molecule has 0 aromatic heterocycles. The van der Waals surface area contributed by atoms with Gasteiger partial charge in [0.15, 0.2) is 0 Å². The third kappa shape index (κ3) is 8.34. The second-order valence-electron chi connectivity index (χ2n) is 11.7. The summed E-state index contributed by atoms with van der Waals surface area (Å²) in [5, 5.41) is 18.1. The van der Waals surface area contributed by atoms with Gasteiger partial charge in [-0.1, -0.05) is 26.2 Å². The standard InChI is InChI=1S/C31H40F3N5O5/c1-19-16-39(20(2)18-40)28(41)25-15-24(36-29(42)35-23-11-9-21(10-12-23)31(32,33)34)13-14-26(25)44-27(19)17-38(3)30(43)37-22-7-5-4-6-8-22/h9-15,19-20,22,27,40H,4-8,16-18H2,1-3H3,(H,37,43)(H2,35,36,42)/t19-,20-,27-/m1/s1. The molecular formula is C31H40F3N5O5. The largest absolute Gasteiger partial charge is 0.487 e. The highest BCUT2D eigenvalue weighted by Gasteiger charge is 2.34. The van der Waals surface area contributed by atoms with Crippen LogP contribution in [0.4, 0.5) is 34.1 Å². The van der Waals surface area contributed by atoms with Crippen LogP contribution in [0.25, 0.3) is 0 Å². The molecule has 5 amide bonds. The van der Waals surface area contributed by atoms with E-state index in [1.807, 2.05) is 6.92 Å². The first-order chi connectivity index (χ1) is 20.8. The van der Waals surface area contributed by atoms with Gasteiger partial charge < -0.3 is 35.6 Å². The highest BCUT2D eigenvalue weighted by molar-refractivity contribution is 6.02. The van der Waals surface area contributed by atoms with E-state index >= 15 is 0 Å². The first-order valence-electron chi connectivity index (χ1n) is 14.8. The van der Waals surface area contributed by atoms with Gasteiger partial charge in [-0.2, -0.15) is 13.2 Å². The van der Waals surface area contributed by atoms with Gasteiger partial charge in [0.25, 0.3) is 5.91 Å². The summed E-state index contributed by atoms with van der Waals surface area (Å²) in [5.41, 5.74) is -0.286. The van der Waals surface area contributed by atoms with E-state index in [0.717, 1.165) is 49.9 Å². The van der Waals surface area contributed by atoms with Crippen LogP contribution in [0.2, 0.25) is 0 Å². The minimum Gasteiger partial charge on any atom is -0.487 e. The number of halogens is 3. The molecule has 0 bridgehead atoms. The van der Waals surface area contributed by atoms with Crippen molar-refractivity contribution in [3.05, 3.63) is 53.6 Å². The molecule has 2 aliphatic rings. The Morgan fingerprint density at radius 1 is 1.07 bits per heavy atom. The van der Waals surface area contributed by atoms with Crippen molar-refractivity contribution in [3.63, 3.8) is 0 Å². The number of nitrogens with zero attached hydrogens (tertiary/aromatic N) is 2. The van der Waals surface area contributed by atoms with E-state index in [-0.39, 0.29) is 60.4 Å². The summed E-state index contributed by atoms with van der Waals surface area (Å²) in [5.74, 6) is -0.336. The molecule has 1 aliphatic heterocycles. The summed E-state index contributed by atoms with van der Waals surface area (Å²) in [6.45, 7) is 3.90. The molecule has 240 valence electrons. The Morgan fingerprint density at radius 2 is 1.70 bits per heavy atom. The minimum absolute atomic E-state index is 0.149. The second-order valence-corrected chi connectivity index (χ2v) is 11.7. The van der Waals surface area contributed by atoms with Crippen molar-refractivity contribution in [3.8, 4) is 5.75 Å². The lowest BCUT2D eigenvalue weighted by Gasteiger charge is -2.38. The number of alkyl halides is 3. The van der Waals surface area contributed by atoms with Crippen molar-refractivity contribution in [1.29, 1.82) is 0 Å². The van der Waals surface area contributed by atoms with Crippen molar-refractivity contribution in [2.45, 2.75) is 70.3 Å². The summed E-state index contributed by atoms with van der Waals surface area (Å²) >= 11 is 0. The van der Waals surface area contributed by atoms with Crippen molar-refractivity contribution in [2.24, 2.45) is 5.92 Å². The molecule has 10 nitrogen and oxygen atoms in total. The summed E-state index contributed by atoms with van der Waals surface area (Å²) in [7, 11) is 1.70. The van der Waals surface area contributed by atoms with Crippen LogP contribution in [0, 0.1) is 5.92 Å². The van der Waals surface area contributed by atoms with Crippen molar-refractivity contribution in [2.75, 3.05) is 37.4 Å². The predicted octanol–water partition coefficient (Wildman–Crippen LogP) is 5.54. The topological polar surface area (TPSA) is 123 Å². The molecule has 0 spiro atoms. The maximum atomic E-state index is 13.7. The number of fused-ring (bicyclic) bond motifs is 1. The van der Waals surface area contributed by atoms with Crippen LogP contribution in [0.3, 0.4) is 0 Å². The van der Waals surface area contributed by atoms with Crippen LogP contribution in [-0.4, -0.2) is 77.8 Å². The van der Waals surface area contributed by atoms with Crippen LogP contribution >= 0.6 is 0 Å². The van der Waals surface area contributed by atoms with Gasteiger partial charge in [0, 0.05) is 36.9 Å². The average molecular weight is 620 g/mol. The first kappa shape index (κ1) is 32.9. The SMILES string of the molecule is C[C@@H]1CN([C@H](C)CO)C(=O)c2cc(NC(=O)Nc3ccc(C(F)(F)F)cc3)ccc2O[C@@H]1CN(C)C(=O)NC1CCCCC1. The highest BCUT2D eigenvalue weighted by Crippen LogP contribution is 2.32. The van der Waals surface area contributed by atoms with Crippen molar-refractivity contribution < 1.29 is 37.4 Å². The molecule has 0 unspecified atom stereocenters. The Hall–Kier alpha value is -4.00. The zero-order valence-corrected chi connectivity index (χ0v) is 25.1. The van der Waals surface area contributed by atoms with E-state index in [0.29, 0.717) is 0 Å². The molecule has 1 aliphatic carbocycles. The van der Waals surface area contributed by atoms with E-state index in [9.17, 15) is 32.7 Å². The minimum atomic E-state index is -4.49. The van der Waals surface area contributed by atoms with Crippen LogP contribution in [0.1, 0.15) is 61.9 Å². The molecule has 4 rings (SSSR count). The summed E-state index contributed by atoms with van der Waals surface area (Å²) in [6.07, 6.45) is 0.293. The van der Waals surface area contributed by atoms with E-state index in [1.165, 1.54) is 12.5 Å². The first-order valence-corrected chi connectivity index (χ1v) is 14.8. The number of anilines is 2. The number of amides is 5. The Labute approximate surface area is 254 Å². The number of benzene rings is 2. The molecule has 3 atom stereocenters. The number of carbonyl (C=O) groups is 3. The average Bonchev–Trinajstić information content (AvgIpc) is 2.99. The summed E-state index contributed by atoms with van der Waals surface area (Å²) in [6, 6.07) is 7.28. The zero-order valence-electron chi connectivity index (χ0n) is 25.1. The molecular weight excluding hydrogens is 579 g/mol. The van der Waals surface area contributed by atoms with Crippen molar-refractivity contribution in [1.82, 2.24) is 15.1 Å². The van der Waals surface area contributed by atoms with Gasteiger partial charge in [0.2, 0.25) is 0 Å². The second kappa shape index (κ2) is 14.2. The van der Waals surface area contributed by atoms with Crippen LogP contribution in [0.5, 0.6) is 5.75 Å². The summed E-state index contributed by atoms with van der Waals surface area (Å²) < 4.78 is 44.9. The van der Waals surface area contributed by atoms with Crippen molar-refractivity contribution >= 4 is 29.3 Å². The number of aliphatic hydroxyl groups excluding tert-OH is 1. The van der Waals surface area contributed by atoms with E-state index in [2.05, 4.69) is 16.0 Å². The quantitative estimate of drug-likeness (QED) is 0.324. The number of urea groups is 2. The van der Waals surface area contributed by atoms with Crippen LogP contribution < -0.4 is 20.7 Å². The number of rotatable bonds is 7. The lowest BCUT2D eigenvalue weighted by molar-refractivity contribution is -0.137. The predicted molar refractivity (Wildman–Crippen MR) is 160 cm³/mol. The maximum absolute atomic E-state index is 13.7. The number of hydrogen-bond donors (Lipinski definition) is 4. The third-order valence-electron chi connectivity index (χ3n) is 8.13. The number of nitrogens with one attached hydrogen (secondary N) is 3. The maximum Gasteiger partial charge on any atom is 0.416 e. The molecule has 0 radical (unpaired) electrons. The molecule has 0 saturated heterocycles. The van der Waals surface area contributed by atoms with Crippen LogP contribution in [0.15, 0.2) is 42.5 Å². The smallest absolute Gasteiger partial charge is 0.416 e. The molecule has 44 heavy (non-hydrogen) atoms. The van der Waals surface area contributed by atoms with Gasteiger partial charge in [-0.15, -0.1) is 0 Å². The molecule has 1 saturated carbocycles. The Balaban J connectivity index is 1.51. The van der Waals surface area contributed by atoms with Gasteiger partial charge >= 0.3 is 18.2 Å². The normalized spacial score (nSPS) is 20.0. The van der Waals surface area contributed by atoms with Gasteiger partial charge in [0.05, 0.1) is 30.3 Å². The Kier molecular flexibility index (Phi) is 10.6. The fourth-order valence-corrected chi connectivity index (χ4v) is 5.44. The number of ether oxygens (including phenoxy) is 1. The number of hydrogen-bond acceptors (Lipinski definition) is 5. The molecule has 13 heteroatoms. The third-order valence-corrected chi connectivity index (χ3v) is 8.13. The number of likely N-dealkylation sites (N-methyl/N-ethyl adjacent to an activating group) is 1. The molecule has 2 aromatic rings. The lowest BCUT2D eigenvalue weighted by atomic mass is 9.96. The lowest BCUT2D eigenvalue weighted by Crippen LogP contribution is -2.52. The number of carbonyl (C=O) groups excluding carboxylic acids is 3. The van der Waals surface area contributed by atoms with Crippen LogP contribution in [-0.2, 0) is 6.18 Å². The van der Waals surface area contributed by atoms with Gasteiger partial charge in [-0.3, -0.25) is 4.79 Å². The monoisotopic (exact) mass is 619 g/mol. The van der Waals surface area contributed by atoms with Gasteiger partial charge in [-0.05, 0) is 62.2 Å². The fraction of sp³-hybridized carbons (Fsp3) is 0.516. The molecule has 1 fully saturated rings.